The molecule has 1 aliphatic rings. The van der Waals surface area contributed by atoms with Crippen molar-refractivity contribution in [3.63, 3.8) is 0 Å². The molecule has 1 fully saturated rings. The van der Waals surface area contributed by atoms with Gasteiger partial charge in [-0.15, -0.1) is 21.5 Å². The van der Waals surface area contributed by atoms with Crippen LogP contribution in [0.5, 0.6) is 0 Å². The summed E-state index contributed by atoms with van der Waals surface area (Å²) in [5.41, 5.74) is 3.77. The van der Waals surface area contributed by atoms with Crippen molar-refractivity contribution >= 4 is 11.3 Å². The highest BCUT2D eigenvalue weighted by atomic mass is 32.1. The predicted octanol–water partition coefficient (Wildman–Crippen LogP) is 4.77. The predicted molar refractivity (Wildman–Crippen MR) is 115 cm³/mol. The van der Waals surface area contributed by atoms with E-state index >= 15 is 0 Å². The normalized spacial score (nSPS) is 15.6. The number of benzene rings is 2. The SMILES string of the molecule is [c]1cccc(CN2CCC(c3nnc(-c4nccs4)[nH]3)CC2)c1-c1ccccc1. The third-order valence-corrected chi connectivity index (χ3v) is 6.29. The number of hydrogen-bond acceptors (Lipinski definition) is 5. The Labute approximate surface area is 174 Å². The molecular weight excluding hydrogens is 378 g/mol. The summed E-state index contributed by atoms with van der Waals surface area (Å²) in [6.07, 6.45) is 3.97. The third-order valence-electron chi connectivity index (χ3n) is 5.51. The molecule has 0 bridgehead atoms. The van der Waals surface area contributed by atoms with Crippen molar-refractivity contribution in [2.24, 2.45) is 0 Å². The van der Waals surface area contributed by atoms with Gasteiger partial charge in [-0.2, -0.15) is 0 Å². The molecule has 2 aromatic carbocycles. The molecule has 0 aliphatic carbocycles. The summed E-state index contributed by atoms with van der Waals surface area (Å²) in [5.74, 6) is 2.21. The van der Waals surface area contributed by atoms with E-state index in [2.05, 4.69) is 73.6 Å². The van der Waals surface area contributed by atoms with Crippen LogP contribution in [0.2, 0.25) is 0 Å². The molecule has 0 saturated carbocycles. The second-order valence-corrected chi connectivity index (χ2v) is 8.28. The molecule has 1 N–H and O–H groups in total. The molecule has 1 radical (unpaired) electrons. The van der Waals surface area contributed by atoms with Gasteiger partial charge in [0.25, 0.3) is 0 Å². The van der Waals surface area contributed by atoms with E-state index in [1.165, 1.54) is 16.7 Å². The summed E-state index contributed by atoms with van der Waals surface area (Å²) < 4.78 is 0. The summed E-state index contributed by atoms with van der Waals surface area (Å²) in [4.78, 5) is 10.2. The van der Waals surface area contributed by atoms with Crippen molar-refractivity contribution in [1.29, 1.82) is 0 Å². The maximum absolute atomic E-state index is 4.40. The highest BCUT2D eigenvalue weighted by Crippen LogP contribution is 2.30. The lowest BCUT2D eigenvalue weighted by Crippen LogP contribution is -2.33. The minimum absolute atomic E-state index is 0.434. The van der Waals surface area contributed by atoms with Gasteiger partial charge in [0.1, 0.15) is 5.82 Å². The number of thiazole rings is 1. The third kappa shape index (κ3) is 3.99. The van der Waals surface area contributed by atoms with Gasteiger partial charge in [0.15, 0.2) is 10.8 Å². The monoisotopic (exact) mass is 400 g/mol. The average molecular weight is 401 g/mol. The zero-order chi connectivity index (χ0) is 19.5. The van der Waals surface area contributed by atoms with Crippen LogP contribution < -0.4 is 0 Å². The molecule has 1 saturated heterocycles. The van der Waals surface area contributed by atoms with Gasteiger partial charge >= 0.3 is 0 Å². The van der Waals surface area contributed by atoms with Gasteiger partial charge in [-0.3, -0.25) is 4.90 Å². The van der Waals surface area contributed by atoms with E-state index in [4.69, 9.17) is 0 Å². The van der Waals surface area contributed by atoms with Gasteiger partial charge in [-0.25, -0.2) is 4.98 Å². The largest absolute Gasteiger partial charge is 0.323 e. The van der Waals surface area contributed by atoms with Crippen LogP contribution in [-0.2, 0) is 6.54 Å². The Morgan fingerprint density at radius 1 is 1.07 bits per heavy atom. The first-order valence-corrected chi connectivity index (χ1v) is 10.8. The molecule has 0 spiro atoms. The van der Waals surface area contributed by atoms with E-state index in [-0.39, 0.29) is 0 Å². The summed E-state index contributed by atoms with van der Waals surface area (Å²) in [6.45, 7) is 3.07. The van der Waals surface area contributed by atoms with Crippen molar-refractivity contribution in [3.05, 3.63) is 77.6 Å². The molecule has 0 atom stereocenters. The molecule has 29 heavy (non-hydrogen) atoms. The van der Waals surface area contributed by atoms with Crippen molar-refractivity contribution in [2.45, 2.75) is 25.3 Å². The Hall–Kier alpha value is -2.83. The van der Waals surface area contributed by atoms with Crippen LogP contribution in [0.3, 0.4) is 0 Å². The summed E-state index contributed by atoms with van der Waals surface area (Å²) >= 11 is 1.58. The van der Waals surface area contributed by atoms with Gasteiger partial charge in [-0.05, 0) is 48.7 Å². The Kier molecular flexibility index (Phi) is 5.19. The van der Waals surface area contributed by atoms with Gasteiger partial charge in [0.05, 0.1) is 0 Å². The lowest BCUT2D eigenvalue weighted by molar-refractivity contribution is 0.202. The summed E-state index contributed by atoms with van der Waals surface area (Å²) in [7, 11) is 0. The van der Waals surface area contributed by atoms with Crippen LogP contribution >= 0.6 is 11.3 Å². The molecule has 6 heteroatoms. The lowest BCUT2D eigenvalue weighted by atomic mass is 9.94. The number of nitrogens with one attached hydrogen (secondary N) is 1. The maximum Gasteiger partial charge on any atom is 0.190 e. The van der Waals surface area contributed by atoms with E-state index < -0.39 is 0 Å². The fourth-order valence-electron chi connectivity index (χ4n) is 3.98. The van der Waals surface area contributed by atoms with Crippen LogP contribution in [0.15, 0.2) is 60.1 Å². The molecule has 1 aliphatic heterocycles. The van der Waals surface area contributed by atoms with Crippen molar-refractivity contribution in [3.8, 4) is 22.0 Å². The molecule has 0 amide bonds. The zero-order valence-electron chi connectivity index (χ0n) is 16.1. The summed E-state index contributed by atoms with van der Waals surface area (Å²) in [6, 6.07) is 20.3. The Balaban J connectivity index is 1.24. The zero-order valence-corrected chi connectivity index (χ0v) is 16.9. The number of likely N-dealkylation sites (tertiary alicyclic amines) is 1. The number of aromatic amines is 1. The highest BCUT2D eigenvalue weighted by Gasteiger charge is 2.24. The minimum Gasteiger partial charge on any atom is -0.323 e. The molecule has 145 valence electrons. The maximum atomic E-state index is 4.40. The van der Waals surface area contributed by atoms with Gasteiger partial charge in [-0.1, -0.05) is 48.5 Å². The van der Waals surface area contributed by atoms with Crippen LogP contribution in [0.4, 0.5) is 0 Å². The Morgan fingerprint density at radius 3 is 2.72 bits per heavy atom. The first-order valence-electron chi connectivity index (χ1n) is 9.96. The van der Waals surface area contributed by atoms with Crippen LogP contribution in [-0.4, -0.2) is 38.2 Å². The van der Waals surface area contributed by atoms with E-state index in [0.717, 1.165) is 49.1 Å². The van der Waals surface area contributed by atoms with E-state index in [1.54, 1.807) is 17.5 Å². The van der Waals surface area contributed by atoms with Crippen molar-refractivity contribution in [2.75, 3.05) is 13.1 Å². The molecule has 3 heterocycles. The molecule has 2 aromatic heterocycles. The molecule has 5 nitrogen and oxygen atoms in total. The van der Waals surface area contributed by atoms with E-state index in [0.29, 0.717) is 5.92 Å². The molecule has 0 unspecified atom stereocenters. The van der Waals surface area contributed by atoms with E-state index in [9.17, 15) is 0 Å². The highest BCUT2D eigenvalue weighted by molar-refractivity contribution is 7.12. The molecule has 4 aromatic rings. The second-order valence-electron chi connectivity index (χ2n) is 7.38. The second kappa shape index (κ2) is 8.27. The standard InChI is InChI=1S/C23H22N5S/c1-2-6-17(7-3-1)20-9-5-4-8-19(20)16-28-13-10-18(11-14-28)21-25-22(27-26-21)23-24-12-15-29-23/h1-8,12,15,18H,10-11,13-14,16H2,(H,25,26,27). The number of nitrogens with zero attached hydrogens (tertiary/aromatic N) is 4. The van der Waals surface area contributed by atoms with Crippen molar-refractivity contribution in [1.82, 2.24) is 25.1 Å². The van der Waals surface area contributed by atoms with Crippen LogP contribution in [0.1, 0.15) is 30.1 Å². The number of rotatable bonds is 5. The van der Waals surface area contributed by atoms with E-state index in [1.807, 2.05) is 11.4 Å². The number of H-pyrrole nitrogens is 1. The average Bonchev–Trinajstić information content (AvgIpc) is 3.48. The molecule has 5 rings (SSSR count). The molecular formula is C23H22N5S. The number of aromatic nitrogens is 4. The smallest absolute Gasteiger partial charge is 0.190 e. The first kappa shape index (κ1) is 18.2. The fourth-order valence-corrected chi connectivity index (χ4v) is 4.55. The first-order chi connectivity index (χ1) is 14.4. The van der Waals surface area contributed by atoms with Crippen LogP contribution in [0, 0.1) is 6.07 Å². The number of piperidine rings is 1. The minimum atomic E-state index is 0.434. The van der Waals surface area contributed by atoms with Crippen molar-refractivity contribution < 1.29 is 0 Å². The van der Waals surface area contributed by atoms with Crippen LogP contribution in [0.25, 0.3) is 22.0 Å². The number of hydrogen-bond donors (Lipinski definition) is 1. The fraction of sp³-hybridized carbons (Fsp3) is 0.261. The quantitative estimate of drug-likeness (QED) is 0.524. The summed E-state index contributed by atoms with van der Waals surface area (Å²) in [5, 5.41) is 11.5. The van der Waals surface area contributed by atoms with Gasteiger partial charge < -0.3 is 4.98 Å². The van der Waals surface area contributed by atoms with Gasteiger partial charge in [0.2, 0.25) is 0 Å². The Morgan fingerprint density at radius 2 is 1.93 bits per heavy atom. The Bertz CT molecular complexity index is 1050. The van der Waals surface area contributed by atoms with Gasteiger partial charge in [0, 0.05) is 24.0 Å². The lowest BCUT2D eigenvalue weighted by Gasteiger charge is -2.31. The topological polar surface area (TPSA) is 57.7 Å².